The van der Waals surface area contributed by atoms with Crippen molar-refractivity contribution >= 4 is 27.7 Å². The van der Waals surface area contributed by atoms with Crippen LogP contribution in [0.5, 0.6) is 5.75 Å². The van der Waals surface area contributed by atoms with Crippen LogP contribution in [-0.2, 0) is 0 Å². The zero-order chi connectivity index (χ0) is 15.9. The third-order valence-corrected chi connectivity index (χ3v) is 3.43. The lowest BCUT2D eigenvalue weighted by molar-refractivity contribution is 0.0926. The number of carbonyl (C=O) groups is 2. The molecule has 5 nitrogen and oxygen atoms in total. The summed E-state index contributed by atoms with van der Waals surface area (Å²) in [5.41, 5.74) is 0.752. The molecule has 2 aromatic rings. The number of benzene rings is 2. The Morgan fingerprint density at radius 3 is 2.27 bits per heavy atom. The largest absolute Gasteiger partial charge is 0.507 e. The van der Waals surface area contributed by atoms with Gasteiger partial charge in [-0.3, -0.25) is 9.59 Å². The molecule has 0 aromatic heterocycles. The molecule has 0 saturated heterocycles. The molecule has 0 unspecified atom stereocenters. The average molecular weight is 363 g/mol. The van der Waals surface area contributed by atoms with Crippen molar-refractivity contribution in [2.24, 2.45) is 0 Å². The lowest BCUT2D eigenvalue weighted by Crippen LogP contribution is -2.34. The van der Waals surface area contributed by atoms with Crippen molar-refractivity contribution in [1.82, 2.24) is 10.6 Å². The second-order valence-corrected chi connectivity index (χ2v) is 5.45. The van der Waals surface area contributed by atoms with Crippen molar-refractivity contribution in [3.63, 3.8) is 0 Å². The molecular formula is C16H15BrN2O3. The van der Waals surface area contributed by atoms with E-state index in [2.05, 4.69) is 26.6 Å². The summed E-state index contributed by atoms with van der Waals surface area (Å²) in [6, 6.07) is 13.5. The van der Waals surface area contributed by atoms with Crippen molar-refractivity contribution in [2.45, 2.75) is 0 Å². The van der Waals surface area contributed by atoms with E-state index in [-0.39, 0.29) is 23.8 Å². The summed E-state index contributed by atoms with van der Waals surface area (Å²) in [7, 11) is 0. The smallest absolute Gasteiger partial charge is 0.255 e. The lowest BCUT2D eigenvalue weighted by atomic mass is 10.2. The van der Waals surface area contributed by atoms with Gasteiger partial charge in [-0.05, 0) is 30.3 Å². The minimum absolute atomic E-state index is 0.0889. The second-order valence-electron chi connectivity index (χ2n) is 4.54. The first-order valence-electron chi connectivity index (χ1n) is 6.68. The van der Waals surface area contributed by atoms with Gasteiger partial charge in [0.15, 0.2) is 0 Å². The Morgan fingerprint density at radius 1 is 0.955 bits per heavy atom. The molecule has 0 aliphatic heterocycles. The number of phenols is 1. The Bertz CT molecular complexity index is 674. The Balaban J connectivity index is 1.80. The van der Waals surface area contributed by atoms with Crippen molar-refractivity contribution < 1.29 is 14.7 Å². The van der Waals surface area contributed by atoms with Crippen LogP contribution in [0.3, 0.4) is 0 Å². The van der Waals surface area contributed by atoms with E-state index in [9.17, 15) is 14.7 Å². The van der Waals surface area contributed by atoms with Gasteiger partial charge in [0.1, 0.15) is 5.75 Å². The molecule has 0 saturated carbocycles. The number of phenolic OH excluding ortho intramolecular Hbond substituents is 1. The van der Waals surface area contributed by atoms with Crippen molar-refractivity contribution in [1.29, 1.82) is 0 Å². The van der Waals surface area contributed by atoms with Crippen molar-refractivity contribution in [3.05, 3.63) is 64.1 Å². The highest BCUT2D eigenvalue weighted by atomic mass is 79.9. The van der Waals surface area contributed by atoms with Crippen molar-refractivity contribution in [3.8, 4) is 5.75 Å². The summed E-state index contributed by atoms with van der Waals surface area (Å²) in [6.45, 7) is 0.567. The third-order valence-electron chi connectivity index (χ3n) is 2.94. The molecule has 2 rings (SSSR count). The van der Waals surface area contributed by atoms with Crippen LogP contribution in [0.25, 0.3) is 0 Å². The molecule has 0 radical (unpaired) electrons. The molecule has 2 aromatic carbocycles. The van der Waals surface area contributed by atoms with E-state index in [0.717, 1.165) is 0 Å². The molecule has 6 heteroatoms. The van der Waals surface area contributed by atoms with Gasteiger partial charge < -0.3 is 15.7 Å². The van der Waals surface area contributed by atoms with Crippen LogP contribution in [0.15, 0.2) is 53.0 Å². The van der Waals surface area contributed by atoms with Gasteiger partial charge in [0, 0.05) is 23.1 Å². The first-order valence-corrected chi connectivity index (χ1v) is 7.47. The fourth-order valence-corrected chi connectivity index (χ4v) is 2.19. The second kappa shape index (κ2) is 7.61. The van der Waals surface area contributed by atoms with E-state index in [1.54, 1.807) is 30.3 Å². The minimum Gasteiger partial charge on any atom is -0.507 e. The first-order chi connectivity index (χ1) is 10.6. The zero-order valence-electron chi connectivity index (χ0n) is 11.7. The normalized spacial score (nSPS) is 10.0. The van der Waals surface area contributed by atoms with Crippen LogP contribution < -0.4 is 10.6 Å². The minimum atomic E-state index is -0.396. The summed E-state index contributed by atoms with van der Waals surface area (Å²) in [4.78, 5) is 23.7. The van der Waals surface area contributed by atoms with E-state index < -0.39 is 5.91 Å². The SMILES string of the molecule is O=C(NCCNC(=O)c1cc(Br)ccc1O)c1ccccc1. The molecule has 0 fully saturated rings. The number of amides is 2. The fraction of sp³-hybridized carbons (Fsp3) is 0.125. The summed E-state index contributed by atoms with van der Waals surface area (Å²) < 4.78 is 0.702. The van der Waals surface area contributed by atoms with Gasteiger partial charge in [-0.15, -0.1) is 0 Å². The molecule has 0 heterocycles. The maximum Gasteiger partial charge on any atom is 0.255 e. The monoisotopic (exact) mass is 362 g/mol. The zero-order valence-corrected chi connectivity index (χ0v) is 13.3. The summed E-state index contributed by atoms with van der Waals surface area (Å²) in [5, 5.41) is 15.0. The molecule has 0 spiro atoms. The predicted molar refractivity (Wildman–Crippen MR) is 86.9 cm³/mol. The Hall–Kier alpha value is -2.34. The molecule has 3 N–H and O–H groups in total. The van der Waals surface area contributed by atoms with Gasteiger partial charge in [0.05, 0.1) is 5.56 Å². The number of carbonyl (C=O) groups excluding carboxylic acids is 2. The molecule has 0 aliphatic rings. The van der Waals surface area contributed by atoms with Gasteiger partial charge in [0.25, 0.3) is 11.8 Å². The van der Waals surface area contributed by atoms with Crippen LogP contribution in [0.2, 0.25) is 0 Å². The Labute approximate surface area is 136 Å². The number of hydrogen-bond acceptors (Lipinski definition) is 3. The molecule has 2 amide bonds. The van der Waals surface area contributed by atoms with E-state index in [1.165, 1.54) is 12.1 Å². The molecule has 0 atom stereocenters. The van der Waals surface area contributed by atoms with E-state index in [4.69, 9.17) is 0 Å². The van der Waals surface area contributed by atoms with E-state index in [0.29, 0.717) is 16.6 Å². The highest BCUT2D eigenvalue weighted by Crippen LogP contribution is 2.21. The summed E-state index contributed by atoms with van der Waals surface area (Å²) >= 11 is 3.24. The van der Waals surface area contributed by atoms with Crippen LogP contribution >= 0.6 is 15.9 Å². The van der Waals surface area contributed by atoms with Crippen LogP contribution in [0, 0.1) is 0 Å². The summed E-state index contributed by atoms with van der Waals surface area (Å²) in [5.74, 6) is -0.679. The van der Waals surface area contributed by atoms with Crippen LogP contribution in [0.4, 0.5) is 0 Å². The Morgan fingerprint density at radius 2 is 1.59 bits per heavy atom. The van der Waals surface area contributed by atoms with Gasteiger partial charge in [-0.25, -0.2) is 0 Å². The molecular weight excluding hydrogens is 348 g/mol. The van der Waals surface area contributed by atoms with E-state index >= 15 is 0 Å². The van der Waals surface area contributed by atoms with Crippen LogP contribution in [0.1, 0.15) is 20.7 Å². The number of aromatic hydroxyl groups is 1. The molecule has 0 bridgehead atoms. The maximum absolute atomic E-state index is 11.9. The molecule has 22 heavy (non-hydrogen) atoms. The maximum atomic E-state index is 11.9. The average Bonchev–Trinajstić information content (AvgIpc) is 2.54. The first kappa shape index (κ1) is 16.0. The molecule has 0 aliphatic carbocycles. The fourth-order valence-electron chi connectivity index (χ4n) is 1.83. The number of nitrogens with one attached hydrogen (secondary N) is 2. The quantitative estimate of drug-likeness (QED) is 0.714. The third kappa shape index (κ3) is 4.33. The Kier molecular flexibility index (Phi) is 5.55. The number of hydrogen-bond donors (Lipinski definition) is 3. The predicted octanol–water partition coefficient (Wildman–Crippen LogP) is 2.31. The topological polar surface area (TPSA) is 78.4 Å². The standard InChI is InChI=1S/C16H15BrN2O3/c17-12-6-7-14(20)13(10-12)16(22)19-9-8-18-15(21)11-4-2-1-3-5-11/h1-7,10,20H,8-9H2,(H,18,21)(H,19,22). The number of halogens is 1. The molecule has 114 valence electrons. The van der Waals surface area contributed by atoms with Gasteiger partial charge in [0.2, 0.25) is 0 Å². The van der Waals surface area contributed by atoms with Gasteiger partial charge in [-0.2, -0.15) is 0 Å². The van der Waals surface area contributed by atoms with Crippen LogP contribution in [-0.4, -0.2) is 30.0 Å². The lowest BCUT2D eigenvalue weighted by Gasteiger charge is -2.08. The highest BCUT2D eigenvalue weighted by Gasteiger charge is 2.11. The van der Waals surface area contributed by atoms with Gasteiger partial charge >= 0.3 is 0 Å². The highest BCUT2D eigenvalue weighted by molar-refractivity contribution is 9.10. The summed E-state index contributed by atoms with van der Waals surface area (Å²) in [6.07, 6.45) is 0. The van der Waals surface area contributed by atoms with Gasteiger partial charge in [-0.1, -0.05) is 34.1 Å². The van der Waals surface area contributed by atoms with Crippen molar-refractivity contribution in [2.75, 3.05) is 13.1 Å². The number of rotatable bonds is 5. The van der Waals surface area contributed by atoms with E-state index in [1.807, 2.05) is 6.07 Å².